The van der Waals surface area contributed by atoms with Crippen molar-refractivity contribution >= 4 is 0 Å². The van der Waals surface area contributed by atoms with Gasteiger partial charge in [0.2, 0.25) is 0 Å². The van der Waals surface area contributed by atoms with Gasteiger partial charge in [-0.2, -0.15) is 0 Å². The Morgan fingerprint density at radius 2 is 1.94 bits per heavy atom. The second kappa shape index (κ2) is 6.05. The zero-order valence-electron chi connectivity index (χ0n) is 10.4. The molecule has 1 aromatic rings. The Balaban J connectivity index is 1.77. The Morgan fingerprint density at radius 3 is 2.75 bits per heavy atom. The highest BCUT2D eigenvalue weighted by molar-refractivity contribution is 5.14. The van der Waals surface area contributed by atoms with Crippen molar-refractivity contribution in [3.8, 4) is 0 Å². The minimum absolute atomic E-state index is 0.932. The first kappa shape index (κ1) is 11.7. The monoisotopic (exact) mass is 217 g/mol. The number of hydrogen-bond donors (Lipinski definition) is 0. The van der Waals surface area contributed by atoms with E-state index in [1.807, 2.05) is 0 Å². The molecule has 0 radical (unpaired) electrons. The summed E-state index contributed by atoms with van der Waals surface area (Å²) in [6, 6.07) is 10.8. The third-order valence-electron chi connectivity index (χ3n) is 3.67. The summed E-state index contributed by atoms with van der Waals surface area (Å²) in [6.07, 6.45) is 5.39. The van der Waals surface area contributed by atoms with E-state index in [0.29, 0.717) is 0 Å². The molecule has 1 atom stereocenters. The second-order valence-corrected chi connectivity index (χ2v) is 5.11. The average molecular weight is 217 g/mol. The van der Waals surface area contributed by atoms with E-state index in [2.05, 4.69) is 42.2 Å². The van der Waals surface area contributed by atoms with Gasteiger partial charge in [0.1, 0.15) is 0 Å². The molecule has 1 unspecified atom stereocenters. The zero-order valence-corrected chi connectivity index (χ0v) is 10.4. The lowest BCUT2D eigenvalue weighted by atomic mass is 10.0. The quantitative estimate of drug-likeness (QED) is 0.750. The van der Waals surface area contributed by atoms with Gasteiger partial charge in [-0.05, 0) is 50.3 Å². The van der Waals surface area contributed by atoms with E-state index in [-0.39, 0.29) is 0 Å². The molecule has 1 aromatic carbocycles. The number of likely N-dealkylation sites (tertiary alicyclic amines) is 1. The predicted octanol–water partition coefficient (Wildman–Crippen LogP) is 3.35. The van der Waals surface area contributed by atoms with E-state index in [1.54, 1.807) is 0 Å². The van der Waals surface area contributed by atoms with E-state index < -0.39 is 0 Å². The number of rotatable bonds is 3. The molecule has 16 heavy (non-hydrogen) atoms. The van der Waals surface area contributed by atoms with Gasteiger partial charge in [0.05, 0.1) is 0 Å². The standard InChI is InChI=1S/C15H23N/c1-14-6-5-11-16(12-9-14)13-10-15-7-3-2-4-8-15/h2-4,7-8,14H,5-6,9-13H2,1H3. The molecule has 1 aliphatic rings. The normalized spacial score (nSPS) is 22.9. The Labute approximate surface area is 99.5 Å². The summed E-state index contributed by atoms with van der Waals surface area (Å²) in [6.45, 7) is 6.22. The van der Waals surface area contributed by atoms with Gasteiger partial charge in [-0.1, -0.05) is 37.3 Å². The lowest BCUT2D eigenvalue weighted by molar-refractivity contribution is 0.285. The fourth-order valence-corrected chi connectivity index (χ4v) is 2.48. The SMILES string of the molecule is CC1CCCN(CCc2ccccc2)CC1. The molecule has 2 rings (SSSR count). The summed E-state index contributed by atoms with van der Waals surface area (Å²) in [4.78, 5) is 2.64. The molecule has 1 saturated heterocycles. The number of hydrogen-bond acceptors (Lipinski definition) is 1. The van der Waals surface area contributed by atoms with Gasteiger partial charge < -0.3 is 4.90 Å². The Kier molecular flexibility index (Phi) is 4.41. The van der Waals surface area contributed by atoms with Gasteiger partial charge in [0.25, 0.3) is 0 Å². The zero-order chi connectivity index (χ0) is 11.2. The molecule has 0 aromatic heterocycles. The third-order valence-corrected chi connectivity index (χ3v) is 3.67. The molecule has 1 heterocycles. The van der Waals surface area contributed by atoms with E-state index in [0.717, 1.165) is 5.92 Å². The van der Waals surface area contributed by atoms with Crippen LogP contribution in [0.25, 0.3) is 0 Å². The second-order valence-electron chi connectivity index (χ2n) is 5.11. The average Bonchev–Trinajstić information content (AvgIpc) is 2.53. The van der Waals surface area contributed by atoms with Crippen molar-refractivity contribution in [2.45, 2.75) is 32.6 Å². The molecule has 1 fully saturated rings. The lowest BCUT2D eigenvalue weighted by Gasteiger charge is -2.19. The van der Waals surface area contributed by atoms with Crippen LogP contribution in [0, 0.1) is 5.92 Å². The van der Waals surface area contributed by atoms with Crippen LogP contribution in [0.5, 0.6) is 0 Å². The van der Waals surface area contributed by atoms with E-state index in [9.17, 15) is 0 Å². The molecular weight excluding hydrogens is 194 g/mol. The third kappa shape index (κ3) is 3.64. The molecule has 0 aliphatic carbocycles. The van der Waals surface area contributed by atoms with E-state index in [4.69, 9.17) is 0 Å². The van der Waals surface area contributed by atoms with Crippen molar-refractivity contribution < 1.29 is 0 Å². The minimum Gasteiger partial charge on any atom is -0.303 e. The topological polar surface area (TPSA) is 3.24 Å². The molecule has 0 bridgehead atoms. The van der Waals surface area contributed by atoms with Crippen LogP contribution in [0.3, 0.4) is 0 Å². The predicted molar refractivity (Wildman–Crippen MR) is 69.6 cm³/mol. The highest BCUT2D eigenvalue weighted by Crippen LogP contribution is 2.16. The molecule has 0 amide bonds. The summed E-state index contributed by atoms with van der Waals surface area (Å²) >= 11 is 0. The molecule has 0 spiro atoms. The van der Waals surface area contributed by atoms with Gasteiger partial charge in [-0.3, -0.25) is 0 Å². The summed E-state index contributed by atoms with van der Waals surface area (Å²) in [5.41, 5.74) is 1.47. The van der Waals surface area contributed by atoms with Crippen molar-refractivity contribution in [3.05, 3.63) is 35.9 Å². The molecule has 1 nitrogen and oxygen atoms in total. The fraction of sp³-hybridized carbons (Fsp3) is 0.600. The Hall–Kier alpha value is -0.820. The van der Waals surface area contributed by atoms with Crippen LogP contribution in [-0.2, 0) is 6.42 Å². The summed E-state index contributed by atoms with van der Waals surface area (Å²) in [5, 5.41) is 0. The maximum atomic E-state index is 2.64. The molecule has 1 heteroatoms. The molecular formula is C15H23N. The molecule has 88 valence electrons. The van der Waals surface area contributed by atoms with Crippen molar-refractivity contribution in [2.24, 2.45) is 5.92 Å². The smallest absolute Gasteiger partial charge is 0.00218 e. The Morgan fingerprint density at radius 1 is 1.12 bits per heavy atom. The van der Waals surface area contributed by atoms with Crippen LogP contribution in [0.4, 0.5) is 0 Å². The van der Waals surface area contributed by atoms with Gasteiger partial charge in [-0.15, -0.1) is 0 Å². The van der Waals surface area contributed by atoms with Crippen LogP contribution < -0.4 is 0 Å². The highest BCUT2D eigenvalue weighted by atomic mass is 15.1. The first-order valence-corrected chi connectivity index (χ1v) is 6.61. The minimum atomic E-state index is 0.932. The molecule has 0 saturated carbocycles. The number of benzene rings is 1. The molecule has 0 N–H and O–H groups in total. The molecule has 1 aliphatic heterocycles. The first-order chi connectivity index (χ1) is 7.84. The van der Waals surface area contributed by atoms with Crippen LogP contribution in [0.15, 0.2) is 30.3 Å². The van der Waals surface area contributed by atoms with Crippen molar-refractivity contribution in [1.82, 2.24) is 4.90 Å². The van der Waals surface area contributed by atoms with Crippen LogP contribution in [0.1, 0.15) is 31.7 Å². The largest absolute Gasteiger partial charge is 0.303 e. The van der Waals surface area contributed by atoms with Gasteiger partial charge in [0.15, 0.2) is 0 Å². The Bertz CT molecular complexity index is 294. The van der Waals surface area contributed by atoms with E-state index >= 15 is 0 Å². The fourth-order valence-electron chi connectivity index (χ4n) is 2.48. The van der Waals surface area contributed by atoms with Crippen LogP contribution in [0.2, 0.25) is 0 Å². The number of nitrogens with zero attached hydrogens (tertiary/aromatic N) is 1. The summed E-state index contributed by atoms with van der Waals surface area (Å²) < 4.78 is 0. The van der Waals surface area contributed by atoms with Crippen molar-refractivity contribution in [1.29, 1.82) is 0 Å². The van der Waals surface area contributed by atoms with Gasteiger partial charge in [-0.25, -0.2) is 0 Å². The maximum Gasteiger partial charge on any atom is 0.00218 e. The maximum absolute atomic E-state index is 2.64. The summed E-state index contributed by atoms with van der Waals surface area (Å²) in [7, 11) is 0. The van der Waals surface area contributed by atoms with Gasteiger partial charge in [0, 0.05) is 6.54 Å². The van der Waals surface area contributed by atoms with E-state index in [1.165, 1.54) is 50.9 Å². The van der Waals surface area contributed by atoms with Gasteiger partial charge >= 0.3 is 0 Å². The summed E-state index contributed by atoms with van der Waals surface area (Å²) in [5.74, 6) is 0.932. The lowest BCUT2D eigenvalue weighted by Crippen LogP contribution is -2.27. The first-order valence-electron chi connectivity index (χ1n) is 6.61. The van der Waals surface area contributed by atoms with Crippen LogP contribution >= 0.6 is 0 Å². The van der Waals surface area contributed by atoms with Crippen molar-refractivity contribution in [2.75, 3.05) is 19.6 Å². The van der Waals surface area contributed by atoms with Crippen molar-refractivity contribution in [3.63, 3.8) is 0 Å². The van der Waals surface area contributed by atoms with Crippen LogP contribution in [-0.4, -0.2) is 24.5 Å². The highest BCUT2D eigenvalue weighted by Gasteiger charge is 2.12.